The number of hydrogen-bond acceptors (Lipinski definition) is 5. The average Bonchev–Trinajstić information content (AvgIpc) is 2.14. The first kappa shape index (κ1) is 12.8. The highest BCUT2D eigenvalue weighted by Crippen LogP contribution is 2.19. The molecule has 0 fully saturated rings. The normalized spacial score (nSPS) is 11.3. The van der Waals surface area contributed by atoms with E-state index in [0.717, 1.165) is 0 Å². The predicted molar refractivity (Wildman–Crippen MR) is 50.6 cm³/mol. The largest absolute Gasteiger partial charge is 0.463 e. The zero-order valence-corrected chi connectivity index (χ0v) is 8.93. The van der Waals surface area contributed by atoms with Crippen molar-refractivity contribution in [3.8, 4) is 6.01 Å². The van der Waals surface area contributed by atoms with E-state index in [1.54, 1.807) is 0 Å². The van der Waals surface area contributed by atoms with Gasteiger partial charge in [-0.3, -0.25) is 0 Å². The van der Waals surface area contributed by atoms with E-state index in [0.29, 0.717) is 0 Å². The molecule has 1 N–H and O–H groups in total. The molecule has 0 aliphatic rings. The number of halogens is 4. The van der Waals surface area contributed by atoms with Gasteiger partial charge in [-0.05, 0) is 11.6 Å². The van der Waals surface area contributed by atoms with Gasteiger partial charge in [0.05, 0.1) is 6.42 Å². The lowest BCUT2D eigenvalue weighted by Crippen LogP contribution is -2.14. The minimum Gasteiger partial charge on any atom is -0.463 e. The van der Waals surface area contributed by atoms with E-state index < -0.39 is 19.2 Å². The van der Waals surface area contributed by atoms with Gasteiger partial charge in [0, 0.05) is 7.05 Å². The van der Waals surface area contributed by atoms with Crippen LogP contribution in [-0.4, -0.2) is 34.8 Å². The molecule has 0 aromatic carbocycles. The van der Waals surface area contributed by atoms with Crippen LogP contribution in [0.5, 0.6) is 6.01 Å². The van der Waals surface area contributed by atoms with Crippen molar-refractivity contribution in [1.82, 2.24) is 15.0 Å². The van der Waals surface area contributed by atoms with Crippen molar-refractivity contribution in [1.29, 1.82) is 0 Å². The molecule has 0 bridgehead atoms. The summed E-state index contributed by atoms with van der Waals surface area (Å²) in [6, 6.07) is -0.242. The first-order valence-corrected chi connectivity index (χ1v) is 4.57. The molecule has 1 heterocycles. The zero-order chi connectivity index (χ0) is 12.2. The third-order valence-corrected chi connectivity index (χ3v) is 1.60. The molecule has 90 valence electrons. The van der Waals surface area contributed by atoms with Crippen LogP contribution in [0.25, 0.3) is 0 Å². The SMILES string of the molecule is CNc1nc(Cl)nc(OCCC(F)(F)F)n1. The molecule has 0 aliphatic carbocycles. The van der Waals surface area contributed by atoms with Crippen LogP contribution >= 0.6 is 11.6 Å². The Morgan fingerprint density at radius 3 is 2.56 bits per heavy atom. The van der Waals surface area contributed by atoms with Crippen LogP contribution in [0.2, 0.25) is 5.28 Å². The van der Waals surface area contributed by atoms with E-state index in [9.17, 15) is 13.2 Å². The Hall–Kier alpha value is -1.31. The maximum atomic E-state index is 11.8. The third-order valence-electron chi connectivity index (χ3n) is 1.43. The second-order valence-electron chi connectivity index (χ2n) is 2.67. The van der Waals surface area contributed by atoms with Crippen LogP contribution in [0.4, 0.5) is 19.1 Å². The quantitative estimate of drug-likeness (QED) is 0.892. The van der Waals surface area contributed by atoms with Gasteiger partial charge in [-0.1, -0.05) is 0 Å². The molecule has 0 atom stereocenters. The highest BCUT2D eigenvalue weighted by Gasteiger charge is 2.27. The summed E-state index contributed by atoms with van der Waals surface area (Å²) >= 11 is 5.49. The van der Waals surface area contributed by atoms with Gasteiger partial charge in [0.25, 0.3) is 0 Å². The number of nitrogens with one attached hydrogen (secondary N) is 1. The van der Waals surface area contributed by atoms with Gasteiger partial charge in [-0.2, -0.15) is 28.1 Å². The van der Waals surface area contributed by atoms with Crippen molar-refractivity contribution < 1.29 is 17.9 Å². The maximum absolute atomic E-state index is 11.8. The number of alkyl halides is 3. The van der Waals surface area contributed by atoms with Gasteiger partial charge in [0.1, 0.15) is 6.61 Å². The first-order valence-electron chi connectivity index (χ1n) is 4.19. The number of hydrogen-bond donors (Lipinski definition) is 1. The number of ether oxygens (including phenoxy) is 1. The molecule has 0 saturated heterocycles. The smallest absolute Gasteiger partial charge is 0.392 e. The van der Waals surface area contributed by atoms with Gasteiger partial charge >= 0.3 is 12.2 Å². The van der Waals surface area contributed by atoms with Crippen molar-refractivity contribution in [3.63, 3.8) is 0 Å². The Labute approximate surface area is 94.0 Å². The lowest BCUT2D eigenvalue weighted by molar-refractivity contribution is -0.139. The van der Waals surface area contributed by atoms with E-state index in [-0.39, 0.29) is 17.2 Å². The highest BCUT2D eigenvalue weighted by molar-refractivity contribution is 6.28. The summed E-state index contributed by atoms with van der Waals surface area (Å²) in [5.74, 6) is 0.127. The van der Waals surface area contributed by atoms with Gasteiger partial charge < -0.3 is 10.1 Å². The second kappa shape index (κ2) is 5.15. The second-order valence-corrected chi connectivity index (χ2v) is 3.01. The summed E-state index contributed by atoms with van der Waals surface area (Å²) in [4.78, 5) is 10.8. The van der Waals surface area contributed by atoms with Gasteiger partial charge in [-0.15, -0.1) is 0 Å². The van der Waals surface area contributed by atoms with Crippen molar-refractivity contribution in [2.45, 2.75) is 12.6 Å². The summed E-state index contributed by atoms with van der Waals surface area (Å²) in [5.41, 5.74) is 0. The number of rotatable bonds is 4. The van der Waals surface area contributed by atoms with E-state index in [4.69, 9.17) is 16.3 Å². The Balaban J connectivity index is 2.57. The van der Waals surface area contributed by atoms with Crippen LogP contribution in [0, 0.1) is 0 Å². The van der Waals surface area contributed by atoms with E-state index in [2.05, 4.69) is 20.3 Å². The molecule has 0 aliphatic heterocycles. The molecule has 0 saturated carbocycles. The van der Waals surface area contributed by atoms with Crippen molar-refractivity contribution in [2.75, 3.05) is 19.0 Å². The fourth-order valence-corrected chi connectivity index (χ4v) is 0.919. The lowest BCUT2D eigenvalue weighted by atomic mass is 10.4. The molecule has 0 radical (unpaired) electrons. The molecular weight excluding hydrogens is 249 g/mol. The van der Waals surface area contributed by atoms with Crippen molar-refractivity contribution in [3.05, 3.63) is 5.28 Å². The van der Waals surface area contributed by atoms with Gasteiger partial charge in [0.2, 0.25) is 11.2 Å². The van der Waals surface area contributed by atoms with E-state index in [1.807, 2.05) is 0 Å². The number of anilines is 1. The Kier molecular flexibility index (Phi) is 4.11. The maximum Gasteiger partial charge on any atom is 0.392 e. The summed E-state index contributed by atoms with van der Waals surface area (Å²) < 4.78 is 40.1. The first-order chi connectivity index (χ1) is 7.40. The Morgan fingerprint density at radius 2 is 2.00 bits per heavy atom. The van der Waals surface area contributed by atoms with Gasteiger partial charge in [0.15, 0.2) is 0 Å². The van der Waals surface area contributed by atoms with Gasteiger partial charge in [-0.25, -0.2) is 0 Å². The Morgan fingerprint density at radius 1 is 1.31 bits per heavy atom. The minimum atomic E-state index is -4.28. The summed E-state index contributed by atoms with van der Waals surface area (Å²) in [6.45, 7) is -0.563. The topological polar surface area (TPSA) is 59.9 Å². The van der Waals surface area contributed by atoms with Crippen molar-refractivity contribution >= 4 is 17.5 Å². The molecule has 9 heteroatoms. The van der Waals surface area contributed by atoms with E-state index in [1.165, 1.54) is 7.05 Å². The molecule has 0 unspecified atom stereocenters. The minimum absolute atomic E-state index is 0.127. The molecule has 5 nitrogen and oxygen atoms in total. The molecular formula is C7H8ClF3N4O. The van der Waals surface area contributed by atoms with E-state index >= 15 is 0 Å². The monoisotopic (exact) mass is 256 g/mol. The predicted octanol–water partition coefficient (Wildman–Crippen LogP) is 1.90. The fourth-order valence-electron chi connectivity index (χ4n) is 0.766. The molecule has 0 amide bonds. The average molecular weight is 257 g/mol. The number of aromatic nitrogens is 3. The van der Waals surface area contributed by atoms with Crippen LogP contribution in [-0.2, 0) is 0 Å². The highest BCUT2D eigenvalue weighted by atomic mass is 35.5. The van der Waals surface area contributed by atoms with Crippen LogP contribution in [0.1, 0.15) is 6.42 Å². The molecule has 0 spiro atoms. The lowest BCUT2D eigenvalue weighted by Gasteiger charge is -2.07. The Bertz CT molecular complexity index is 360. The molecule has 1 rings (SSSR count). The fraction of sp³-hybridized carbons (Fsp3) is 0.571. The molecule has 16 heavy (non-hydrogen) atoms. The summed E-state index contributed by atoms with van der Waals surface area (Å²) in [6.07, 6.45) is -5.35. The van der Waals surface area contributed by atoms with Crippen LogP contribution < -0.4 is 10.1 Å². The standard InChI is InChI=1S/C7H8ClF3N4O/c1-12-5-13-4(8)14-6(15-5)16-3-2-7(9,10)11/h2-3H2,1H3,(H,12,13,14,15). The molecule has 1 aromatic rings. The van der Waals surface area contributed by atoms with Crippen molar-refractivity contribution in [2.24, 2.45) is 0 Å². The van der Waals surface area contributed by atoms with Crippen LogP contribution in [0.3, 0.4) is 0 Å². The summed E-state index contributed by atoms with van der Waals surface area (Å²) in [7, 11) is 1.53. The molecule has 1 aromatic heterocycles. The number of nitrogens with zero attached hydrogens (tertiary/aromatic N) is 3. The van der Waals surface area contributed by atoms with Crippen LogP contribution in [0.15, 0.2) is 0 Å². The zero-order valence-electron chi connectivity index (χ0n) is 8.18. The third kappa shape index (κ3) is 4.47. The summed E-state index contributed by atoms with van der Waals surface area (Å²) in [5, 5.41) is 2.41.